The standard InChI is InChI=1S/C14H20N2O/c1-14(2)10-17-13(15-14)9-11-5-7-12(8-6-11)16(3)4/h5-8H,9-10H2,1-4H3. The Hall–Kier alpha value is -1.51. The second-order valence-electron chi connectivity index (χ2n) is 5.34. The molecule has 0 aliphatic carbocycles. The Labute approximate surface area is 103 Å². The lowest BCUT2D eigenvalue weighted by atomic mass is 10.1. The van der Waals surface area contributed by atoms with Crippen molar-refractivity contribution in [2.45, 2.75) is 25.8 Å². The lowest BCUT2D eigenvalue weighted by Gasteiger charge is -2.12. The van der Waals surface area contributed by atoms with Gasteiger partial charge in [0.1, 0.15) is 6.61 Å². The molecule has 17 heavy (non-hydrogen) atoms. The second-order valence-corrected chi connectivity index (χ2v) is 5.34. The molecule has 1 aromatic rings. The lowest BCUT2D eigenvalue weighted by molar-refractivity contribution is 0.275. The van der Waals surface area contributed by atoms with Gasteiger partial charge in [-0.3, -0.25) is 0 Å². The van der Waals surface area contributed by atoms with E-state index in [0.717, 1.165) is 12.3 Å². The van der Waals surface area contributed by atoms with Gasteiger partial charge in [0.25, 0.3) is 0 Å². The van der Waals surface area contributed by atoms with Gasteiger partial charge in [-0.25, -0.2) is 4.99 Å². The molecular formula is C14H20N2O. The Balaban J connectivity index is 2.05. The summed E-state index contributed by atoms with van der Waals surface area (Å²) in [6.07, 6.45) is 0.789. The zero-order chi connectivity index (χ0) is 12.5. The Morgan fingerprint density at radius 3 is 2.35 bits per heavy atom. The molecule has 0 spiro atoms. The fourth-order valence-corrected chi connectivity index (χ4v) is 1.84. The molecule has 3 heteroatoms. The summed E-state index contributed by atoms with van der Waals surface area (Å²) in [5.74, 6) is 0.854. The van der Waals surface area contributed by atoms with Crippen LogP contribution in [0.25, 0.3) is 0 Å². The lowest BCUT2D eigenvalue weighted by Crippen LogP contribution is -2.17. The minimum Gasteiger partial charge on any atom is -0.478 e. The van der Waals surface area contributed by atoms with Crippen LogP contribution in [0.3, 0.4) is 0 Å². The molecular weight excluding hydrogens is 212 g/mol. The highest BCUT2D eigenvalue weighted by molar-refractivity contribution is 5.80. The average molecular weight is 232 g/mol. The van der Waals surface area contributed by atoms with Gasteiger partial charge < -0.3 is 9.64 Å². The molecule has 0 N–H and O–H groups in total. The first-order valence-electron chi connectivity index (χ1n) is 5.94. The van der Waals surface area contributed by atoms with Gasteiger partial charge >= 0.3 is 0 Å². The summed E-state index contributed by atoms with van der Waals surface area (Å²) < 4.78 is 5.59. The molecule has 3 nitrogen and oxygen atoms in total. The average Bonchev–Trinajstić information content (AvgIpc) is 2.59. The normalized spacial score (nSPS) is 17.5. The second kappa shape index (κ2) is 4.40. The molecule has 1 aliphatic rings. The summed E-state index contributed by atoms with van der Waals surface area (Å²) in [5.41, 5.74) is 2.40. The predicted molar refractivity (Wildman–Crippen MR) is 71.9 cm³/mol. The number of nitrogens with zero attached hydrogens (tertiary/aromatic N) is 2. The largest absolute Gasteiger partial charge is 0.478 e. The molecule has 0 bridgehead atoms. The minimum atomic E-state index is -0.0566. The zero-order valence-electron chi connectivity index (χ0n) is 11.0. The molecule has 1 aromatic carbocycles. The van der Waals surface area contributed by atoms with Gasteiger partial charge in [0.15, 0.2) is 5.90 Å². The molecule has 0 fully saturated rings. The number of ether oxygens (including phenoxy) is 1. The minimum absolute atomic E-state index is 0.0566. The molecule has 0 aromatic heterocycles. The molecule has 0 saturated carbocycles. The Bertz CT molecular complexity index is 418. The van der Waals surface area contributed by atoms with Gasteiger partial charge in [0, 0.05) is 26.2 Å². The molecule has 0 unspecified atom stereocenters. The van der Waals surface area contributed by atoms with E-state index in [0.29, 0.717) is 6.61 Å². The number of hydrogen-bond acceptors (Lipinski definition) is 3. The van der Waals surface area contributed by atoms with Gasteiger partial charge in [-0.1, -0.05) is 12.1 Å². The van der Waals surface area contributed by atoms with E-state index < -0.39 is 0 Å². The summed E-state index contributed by atoms with van der Waals surface area (Å²) in [5, 5.41) is 0. The van der Waals surface area contributed by atoms with Gasteiger partial charge in [-0.15, -0.1) is 0 Å². The fraction of sp³-hybridized carbons (Fsp3) is 0.500. The summed E-state index contributed by atoms with van der Waals surface area (Å²) in [6, 6.07) is 8.51. The van der Waals surface area contributed by atoms with Gasteiger partial charge in [-0.2, -0.15) is 0 Å². The van der Waals surface area contributed by atoms with E-state index in [-0.39, 0.29) is 5.54 Å². The quantitative estimate of drug-likeness (QED) is 0.800. The van der Waals surface area contributed by atoms with Crippen LogP contribution in [0.4, 0.5) is 5.69 Å². The van der Waals surface area contributed by atoms with Gasteiger partial charge in [0.2, 0.25) is 0 Å². The Kier molecular flexibility index (Phi) is 3.09. The third-order valence-corrected chi connectivity index (χ3v) is 2.83. The van der Waals surface area contributed by atoms with Crippen molar-refractivity contribution in [2.75, 3.05) is 25.6 Å². The van der Waals surface area contributed by atoms with E-state index in [1.807, 2.05) is 14.1 Å². The van der Waals surface area contributed by atoms with Gasteiger partial charge in [-0.05, 0) is 31.5 Å². The third-order valence-electron chi connectivity index (χ3n) is 2.83. The maximum Gasteiger partial charge on any atom is 0.188 e. The van der Waals surface area contributed by atoms with E-state index in [2.05, 4.69) is 48.0 Å². The smallest absolute Gasteiger partial charge is 0.188 e. The van der Waals surface area contributed by atoms with Crippen molar-refractivity contribution in [1.82, 2.24) is 0 Å². The van der Waals surface area contributed by atoms with E-state index in [4.69, 9.17) is 4.74 Å². The van der Waals surface area contributed by atoms with E-state index in [9.17, 15) is 0 Å². The van der Waals surface area contributed by atoms with Crippen LogP contribution in [0.15, 0.2) is 29.3 Å². The maximum atomic E-state index is 5.59. The van der Waals surface area contributed by atoms with Crippen LogP contribution >= 0.6 is 0 Å². The highest BCUT2D eigenvalue weighted by atomic mass is 16.5. The van der Waals surface area contributed by atoms with Crippen LogP contribution < -0.4 is 4.90 Å². The molecule has 1 heterocycles. The van der Waals surface area contributed by atoms with Crippen molar-refractivity contribution in [1.29, 1.82) is 0 Å². The Morgan fingerprint density at radius 1 is 1.24 bits per heavy atom. The van der Waals surface area contributed by atoms with E-state index in [1.54, 1.807) is 0 Å². The number of benzene rings is 1. The van der Waals surface area contributed by atoms with E-state index in [1.165, 1.54) is 11.3 Å². The number of anilines is 1. The monoisotopic (exact) mass is 232 g/mol. The number of hydrogen-bond donors (Lipinski definition) is 0. The first-order valence-corrected chi connectivity index (χ1v) is 5.94. The van der Waals surface area contributed by atoms with Crippen LogP contribution in [0, 0.1) is 0 Å². The van der Waals surface area contributed by atoms with Crippen LogP contribution in [-0.2, 0) is 11.2 Å². The van der Waals surface area contributed by atoms with Crippen LogP contribution in [0.5, 0.6) is 0 Å². The number of aliphatic imine (C=N–C) groups is 1. The first-order chi connectivity index (χ1) is 7.96. The Morgan fingerprint density at radius 2 is 1.88 bits per heavy atom. The van der Waals surface area contributed by atoms with Crippen LogP contribution in [0.2, 0.25) is 0 Å². The highest BCUT2D eigenvalue weighted by Crippen LogP contribution is 2.20. The first kappa shape index (κ1) is 12.0. The fourth-order valence-electron chi connectivity index (χ4n) is 1.84. The topological polar surface area (TPSA) is 24.8 Å². The van der Waals surface area contributed by atoms with Crippen LogP contribution in [0.1, 0.15) is 19.4 Å². The molecule has 2 rings (SSSR count). The summed E-state index contributed by atoms with van der Waals surface area (Å²) >= 11 is 0. The van der Waals surface area contributed by atoms with Crippen molar-refractivity contribution < 1.29 is 4.74 Å². The molecule has 0 saturated heterocycles. The molecule has 92 valence electrons. The number of rotatable bonds is 3. The predicted octanol–water partition coefficient (Wildman–Crippen LogP) is 2.50. The van der Waals surface area contributed by atoms with Crippen LogP contribution in [-0.4, -0.2) is 32.1 Å². The summed E-state index contributed by atoms with van der Waals surface area (Å²) in [4.78, 5) is 6.65. The van der Waals surface area contributed by atoms with Crippen molar-refractivity contribution in [3.63, 3.8) is 0 Å². The SMILES string of the molecule is CN(C)c1ccc(CC2=NC(C)(C)CO2)cc1. The maximum absolute atomic E-state index is 5.59. The molecule has 1 aliphatic heterocycles. The van der Waals surface area contributed by atoms with Crippen molar-refractivity contribution in [3.8, 4) is 0 Å². The molecule has 0 radical (unpaired) electrons. The summed E-state index contributed by atoms with van der Waals surface area (Å²) in [7, 11) is 4.09. The van der Waals surface area contributed by atoms with Crippen molar-refractivity contribution >= 4 is 11.6 Å². The van der Waals surface area contributed by atoms with Gasteiger partial charge in [0.05, 0.1) is 5.54 Å². The molecule has 0 amide bonds. The highest BCUT2D eigenvalue weighted by Gasteiger charge is 2.25. The van der Waals surface area contributed by atoms with E-state index >= 15 is 0 Å². The van der Waals surface area contributed by atoms with Crippen molar-refractivity contribution in [2.24, 2.45) is 4.99 Å². The summed E-state index contributed by atoms with van der Waals surface area (Å²) in [6.45, 7) is 4.88. The van der Waals surface area contributed by atoms with Crippen molar-refractivity contribution in [3.05, 3.63) is 29.8 Å². The third kappa shape index (κ3) is 2.99. The molecule has 0 atom stereocenters. The zero-order valence-corrected chi connectivity index (χ0v) is 11.0.